The smallest absolute Gasteiger partial charge is 0.326 e. The van der Waals surface area contributed by atoms with Gasteiger partial charge in [0.25, 0.3) is 0 Å². The second kappa shape index (κ2) is 33.8. The van der Waals surface area contributed by atoms with E-state index in [9.17, 15) is 38.7 Å². The Morgan fingerprint density at radius 2 is 0.792 bits per heavy atom. The number of amides is 6. The number of carboxylic acids is 1. The lowest BCUT2D eigenvalue weighted by Crippen LogP contribution is -2.60. The number of carbonyl (C=O) groups excluding carboxylic acids is 6. The van der Waals surface area contributed by atoms with Gasteiger partial charge in [0.2, 0.25) is 35.4 Å². The molecule has 0 spiro atoms. The lowest BCUT2D eigenvalue weighted by molar-refractivity contribution is -0.142. The zero-order valence-corrected chi connectivity index (χ0v) is 40.5. The number of aromatic amines is 2. The molecular formula is C42H76N22O8. The largest absolute Gasteiger partial charge is 0.480 e. The number of nitrogens with one attached hydrogen (secondary N) is 8. The molecule has 0 saturated carbocycles. The minimum atomic E-state index is -1.40. The first-order valence-electron chi connectivity index (χ1n) is 23.7. The van der Waals surface area contributed by atoms with Crippen LogP contribution in [0.4, 0.5) is 0 Å². The Bertz CT molecular complexity index is 2060. The van der Waals surface area contributed by atoms with Crippen molar-refractivity contribution in [1.82, 2.24) is 51.8 Å². The van der Waals surface area contributed by atoms with Crippen molar-refractivity contribution >= 4 is 59.3 Å². The summed E-state index contributed by atoms with van der Waals surface area (Å²) in [5.74, 6) is -6.53. The number of hydrogen-bond acceptors (Lipinski definition) is 15. The average molecular weight is 1020 g/mol. The molecular weight excluding hydrogens is 941 g/mol. The van der Waals surface area contributed by atoms with Crippen LogP contribution in [0.5, 0.6) is 0 Å². The normalized spacial score (nSPS) is 13.8. The summed E-state index contributed by atoms with van der Waals surface area (Å²) in [6.45, 7) is 0.953. The zero-order chi connectivity index (χ0) is 53.4. The summed E-state index contributed by atoms with van der Waals surface area (Å²) < 4.78 is 0. The third-order valence-corrected chi connectivity index (χ3v) is 10.8. The van der Waals surface area contributed by atoms with Crippen LogP contribution < -0.4 is 83.5 Å². The monoisotopic (exact) mass is 1020 g/mol. The standard InChI is InChI=1S/C42H76N22O8/c43-13-3-1-9-27(36(68)63-32(19-25-21-53-23-58-25)38(70)64-31(18-24-20-52-22-57-24)37(69)62-30(39(71)72)10-2-4-14-44)60-35(67)29(12-7-17-56-42(50)51)61-34(66)28(11-6-16-55-41(48)49)59-33(65)26(45)8-5-15-54-40(46)47/h20-23,26-32H,1-19,43-45H2,(H,52,57)(H,53,58)(H,59,65)(H,60,67)(H,61,66)(H,62,69)(H,63,68)(H,64,70)(H,71,72)(H4,46,47,54)(H4,48,49,55)(H4,50,51,56)/t26-,27-,28-,29-,30-,31-,32-/m0/s1. The molecule has 0 aliphatic heterocycles. The molecule has 0 bridgehead atoms. The van der Waals surface area contributed by atoms with Gasteiger partial charge in [-0.25, -0.2) is 14.8 Å². The fraction of sp³-hybridized carbons (Fsp3) is 0.619. The molecule has 27 N–H and O–H groups in total. The van der Waals surface area contributed by atoms with Gasteiger partial charge in [-0.3, -0.25) is 43.7 Å². The van der Waals surface area contributed by atoms with Gasteiger partial charge in [-0.05, 0) is 90.1 Å². The van der Waals surface area contributed by atoms with E-state index in [0.717, 1.165) is 0 Å². The molecule has 6 amide bonds. The van der Waals surface area contributed by atoms with E-state index < -0.39 is 83.7 Å². The van der Waals surface area contributed by atoms with E-state index in [1.54, 1.807) is 0 Å². The number of hydrogen-bond donors (Lipinski definition) is 18. The number of nitrogens with two attached hydrogens (primary N) is 9. The summed E-state index contributed by atoms with van der Waals surface area (Å²) in [4.78, 5) is 122. The van der Waals surface area contributed by atoms with E-state index >= 15 is 0 Å². The van der Waals surface area contributed by atoms with Crippen molar-refractivity contribution in [1.29, 1.82) is 0 Å². The van der Waals surface area contributed by atoms with E-state index in [2.05, 4.69) is 66.8 Å². The summed E-state index contributed by atoms with van der Waals surface area (Å²) in [6.07, 6.45) is 7.98. The predicted molar refractivity (Wildman–Crippen MR) is 267 cm³/mol. The molecule has 2 rings (SSSR count). The number of aliphatic carboxylic acids is 1. The molecule has 7 atom stereocenters. The average Bonchev–Trinajstić information content (AvgIpc) is 4.05. The third-order valence-electron chi connectivity index (χ3n) is 10.8. The molecule has 2 aromatic heterocycles. The van der Waals surface area contributed by atoms with Crippen molar-refractivity contribution in [2.75, 3.05) is 32.7 Å². The first-order chi connectivity index (χ1) is 34.3. The summed E-state index contributed by atoms with van der Waals surface area (Å²) >= 11 is 0. The first-order valence-corrected chi connectivity index (χ1v) is 23.7. The maximum atomic E-state index is 14.4. The van der Waals surface area contributed by atoms with Crippen LogP contribution in [-0.2, 0) is 46.4 Å². The van der Waals surface area contributed by atoms with Crippen LogP contribution in [0.1, 0.15) is 88.4 Å². The topological polar surface area (TPSA) is 541 Å². The van der Waals surface area contributed by atoms with E-state index in [0.29, 0.717) is 50.0 Å². The molecule has 2 heterocycles. The second-order valence-corrected chi connectivity index (χ2v) is 16.8. The SMILES string of the molecule is NCCCC[C@H](NC(=O)[C@H](Cc1cnc[nH]1)NC(=O)[C@H](Cc1cnc[nH]1)NC(=O)[C@H](CCCCN)NC(=O)[C@H](CCCN=C(N)N)NC(=O)[C@H](CCCN=C(N)N)NC(=O)[C@@H](N)CCCN=C(N)N)C(=O)O. The highest BCUT2D eigenvalue weighted by Gasteiger charge is 2.34. The van der Waals surface area contributed by atoms with E-state index in [4.69, 9.17) is 51.6 Å². The first kappa shape index (κ1) is 60.5. The van der Waals surface area contributed by atoms with Crippen molar-refractivity contribution in [3.8, 4) is 0 Å². The maximum absolute atomic E-state index is 14.4. The van der Waals surface area contributed by atoms with Crippen LogP contribution >= 0.6 is 0 Å². The van der Waals surface area contributed by atoms with Crippen molar-refractivity contribution in [3.63, 3.8) is 0 Å². The van der Waals surface area contributed by atoms with Gasteiger partial charge in [0.15, 0.2) is 17.9 Å². The lowest BCUT2D eigenvalue weighted by atomic mass is 10.0. The molecule has 30 heteroatoms. The van der Waals surface area contributed by atoms with Gasteiger partial charge in [-0.15, -0.1) is 0 Å². The Morgan fingerprint density at radius 1 is 0.472 bits per heavy atom. The number of carbonyl (C=O) groups is 7. The highest BCUT2D eigenvalue weighted by molar-refractivity contribution is 5.97. The van der Waals surface area contributed by atoms with Gasteiger partial charge in [0, 0.05) is 56.3 Å². The fourth-order valence-corrected chi connectivity index (χ4v) is 7.00. The van der Waals surface area contributed by atoms with Crippen molar-refractivity contribution in [2.24, 2.45) is 66.6 Å². The Hall–Kier alpha value is -7.60. The Morgan fingerprint density at radius 3 is 1.14 bits per heavy atom. The number of unbranched alkanes of at least 4 members (excludes halogenated alkanes) is 2. The Kier molecular flexibility index (Phi) is 28.5. The molecule has 2 aromatic rings. The number of carboxylic acid groups (broad SMARTS) is 1. The van der Waals surface area contributed by atoms with Crippen LogP contribution in [0.25, 0.3) is 0 Å². The number of aromatic nitrogens is 4. The summed E-state index contributed by atoms with van der Waals surface area (Å²) in [7, 11) is 0. The molecule has 72 heavy (non-hydrogen) atoms. The summed E-state index contributed by atoms with van der Waals surface area (Å²) in [5, 5.41) is 25.8. The molecule has 402 valence electrons. The fourth-order valence-electron chi connectivity index (χ4n) is 7.00. The minimum absolute atomic E-state index is 0.0145. The van der Waals surface area contributed by atoms with Crippen LogP contribution in [-0.4, -0.2) is 159 Å². The van der Waals surface area contributed by atoms with Crippen LogP contribution in [0.3, 0.4) is 0 Å². The summed E-state index contributed by atoms with van der Waals surface area (Å²) in [6, 6.07) is -9.00. The van der Waals surface area contributed by atoms with Gasteiger partial charge in [-0.2, -0.15) is 0 Å². The van der Waals surface area contributed by atoms with Gasteiger partial charge in [-0.1, -0.05) is 0 Å². The van der Waals surface area contributed by atoms with Gasteiger partial charge >= 0.3 is 5.97 Å². The number of H-pyrrole nitrogens is 2. The van der Waals surface area contributed by atoms with E-state index in [1.165, 1.54) is 25.0 Å². The maximum Gasteiger partial charge on any atom is 0.326 e. The summed E-state index contributed by atoms with van der Waals surface area (Å²) in [5.41, 5.74) is 51.1. The number of imidazole rings is 2. The van der Waals surface area contributed by atoms with Crippen molar-refractivity contribution < 1.29 is 38.7 Å². The lowest BCUT2D eigenvalue weighted by Gasteiger charge is -2.27. The number of rotatable bonds is 37. The zero-order valence-electron chi connectivity index (χ0n) is 40.5. The van der Waals surface area contributed by atoms with Crippen LogP contribution in [0.2, 0.25) is 0 Å². The Labute approximate surface area is 416 Å². The quantitative estimate of drug-likeness (QED) is 0.0170. The van der Waals surface area contributed by atoms with Crippen molar-refractivity contribution in [3.05, 3.63) is 36.4 Å². The predicted octanol–water partition coefficient (Wildman–Crippen LogP) is -6.34. The van der Waals surface area contributed by atoms with Crippen LogP contribution in [0.15, 0.2) is 40.0 Å². The van der Waals surface area contributed by atoms with Gasteiger partial charge < -0.3 is 98.6 Å². The van der Waals surface area contributed by atoms with E-state index in [1.807, 2.05) is 0 Å². The highest BCUT2D eigenvalue weighted by atomic mass is 16.4. The van der Waals surface area contributed by atoms with Gasteiger partial charge in [0.05, 0.1) is 18.7 Å². The number of nitrogens with zero attached hydrogens (tertiary/aromatic N) is 5. The molecule has 30 nitrogen and oxygen atoms in total. The van der Waals surface area contributed by atoms with Crippen molar-refractivity contribution in [2.45, 2.75) is 132 Å². The molecule has 0 fully saturated rings. The molecule has 0 unspecified atom stereocenters. The Balaban J connectivity index is 2.47. The minimum Gasteiger partial charge on any atom is -0.480 e. The molecule has 0 aromatic carbocycles. The third kappa shape index (κ3) is 24.8. The highest BCUT2D eigenvalue weighted by Crippen LogP contribution is 2.11. The number of guanidine groups is 3. The molecule has 0 aliphatic rings. The van der Waals surface area contributed by atoms with Gasteiger partial charge in [0.1, 0.15) is 36.3 Å². The molecule has 0 saturated heterocycles. The molecule has 0 aliphatic carbocycles. The molecule has 0 radical (unpaired) electrons. The van der Waals surface area contributed by atoms with Crippen LogP contribution in [0, 0.1) is 0 Å². The second-order valence-electron chi connectivity index (χ2n) is 16.8. The van der Waals surface area contributed by atoms with E-state index in [-0.39, 0.29) is 102 Å². The number of aliphatic imine (C=N–C) groups is 3.